The third-order valence-corrected chi connectivity index (χ3v) is 4.66. The second kappa shape index (κ2) is 19.4. The Hall–Kier alpha value is -4.68. The highest BCUT2D eigenvalue weighted by molar-refractivity contribution is 5.93. The highest BCUT2D eigenvalue weighted by atomic mass is 16.4. The van der Waals surface area contributed by atoms with Crippen molar-refractivity contribution in [1.29, 1.82) is 0 Å². The topological polar surface area (TPSA) is 338 Å². The van der Waals surface area contributed by atoms with Crippen LogP contribution in [0.4, 0.5) is 0 Å². The zero-order chi connectivity index (χ0) is 29.8. The van der Waals surface area contributed by atoms with Gasteiger partial charge in [0.15, 0.2) is 11.9 Å². The Kier molecular flexibility index (Phi) is 17.1. The molecule has 16 N–H and O–H groups in total. The van der Waals surface area contributed by atoms with Crippen LogP contribution in [0.1, 0.15) is 25.7 Å². The van der Waals surface area contributed by atoms with E-state index in [1.807, 2.05) is 0 Å². The van der Waals surface area contributed by atoms with Gasteiger partial charge in [-0.1, -0.05) is 0 Å². The van der Waals surface area contributed by atoms with Gasteiger partial charge in [0.25, 0.3) is 0 Å². The molecule has 19 heteroatoms. The van der Waals surface area contributed by atoms with Crippen LogP contribution in [0.2, 0.25) is 0 Å². The van der Waals surface area contributed by atoms with Crippen LogP contribution in [-0.2, 0) is 28.8 Å². The van der Waals surface area contributed by atoms with Crippen molar-refractivity contribution in [3.8, 4) is 0 Å². The Morgan fingerprint density at radius 1 is 0.641 bits per heavy atom. The maximum Gasteiger partial charge on any atom is 0.322 e. The molecule has 5 amide bonds. The average Bonchev–Trinajstić information content (AvgIpc) is 2.87. The van der Waals surface area contributed by atoms with Crippen molar-refractivity contribution in [3.05, 3.63) is 0 Å². The summed E-state index contributed by atoms with van der Waals surface area (Å²) in [6.45, 7) is -1.66. The molecule has 0 unspecified atom stereocenters. The van der Waals surface area contributed by atoms with E-state index in [0.29, 0.717) is 6.42 Å². The molecule has 0 aliphatic rings. The van der Waals surface area contributed by atoms with E-state index in [0.717, 1.165) is 0 Å². The number of aliphatic carboxylic acids is 1. The predicted molar refractivity (Wildman–Crippen MR) is 139 cm³/mol. The summed E-state index contributed by atoms with van der Waals surface area (Å²) in [6.07, 6.45) is 0.727. The molecule has 0 aliphatic carbocycles. The van der Waals surface area contributed by atoms with Crippen LogP contribution in [0.15, 0.2) is 9.98 Å². The molecule has 0 saturated heterocycles. The SMILES string of the molecule is NCC(=O)NCC(=O)N[C@@H](CCCN=C(N)N)C(=O)NCC(=O)N[C@@H](CCCN=C(N)N)C(=O)NCC(=O)O. The monoisotopic (exact) mass is 558 g/mol. The standard InChI is InChI=1S/C20H38N12O7/c21-7-13(33)28-8-14(34)31-11(3-1-5-26-19(22)23)17(38)29-9-15(35)32-12(4-2-6-27-20(24)25)18(39)30-10-16(36)37/h11-12H,1-10,21H2,(H,28,33)(H,29,38)(H,30,39)(H,31,34)(H,32,35)(H,36,37)(H4,22,23,26)(H4,24,25,27)/t11-,12-/m0/s1. The third-order valence-electron chi connectivity index (χ3n) is 4.66. The van der Waals surface area contributed by atoms with Crippen molar-refractivity contribution in [3.63, 3.8) is 0 Å². The predicted octanol–water partition coefficient (Wildman–Crippen LogP) is -6.54. The molecule has 0 aromatic carbocycles. The van der Waals surface area contributed by atoms with Crippen molar-refractivity contribution >= 4 is 47.4 Å². The maximum atomic E-state index is 12.7. The van der Waals surface area contributed by atoms with Crippen LogP contribution >= 0.6 is 0 Å². The molecule has 0 heterocycles. The Balaban J connectivity index is 5.14. The molecular formula is C20H38N12O7. The van der Waals surface area contributed by atoms with Gasteiger partial charge in [0.2, 0.25) is 29.5 Å². The van der Waals surface area contributed by atoms with Crippen LogP contribution < -0.4 is 55.3 Å². The van der Waals surface area contributed by atoms with Crippen molar-refractivity contribution < 1.29 is 33.9 Å². The van der Waals surface area contributed by atoms with E-state index in [9.17, 15) is 28.8 Å². The van der Waals surface area contributed by atoms with Gasteiger partial charge in [0, 0.05) is 13.1 Å². The van der Waals surface area contributed by atoms with Crippen LogP contribution in [0.25, 0.3) is 0 Å². The summed E-state index contributed by atoms with van der Waals surface area (Å²) in [6, 6.07) is -2.24. The van der Waals surface area contributed by atoms with Gasteiger partial charge >= 0.3 is 5.97 Å². The third kappa shape index (κ3) is 18.2. The molecule has 0 bridgehead atoms. The fourth-order valence-electron chi connectivity index (χ4n) is 2.86. The first kappa shape index (κ1) is 34.3. The number of guanidine groups is 2. The van der Waals surface area contributed by atoms with Gasteiger partial charge in [0.1, 0.15) is 18.6 Å². The maximum absolute atomic E-state index is 12.7. The lowest BCUT2D eigenvalue weighted by Crippen LogP contribution is -2.53. The van der Waals surface area contributed by atoms with Crippen molar-refractivity contribution in [2.24, 2.45) is 38.7 Å². The Labute approximate surface area is 224 Å². The minimum absolute atomic E-state index is 0.0694. The van der Waals surface area contributed by atoms with Crippen molar-refractivity contribution in [1.82, 2.24) is 26.6 Å². The number of hydrogen-bond donors (Lipinski definition) is 11. The number of amides is 5. The van der Waals surface area contributed by atoms with Crippen LogP contribution in [0, 0.1) is 0 Å². The summed E-state index contributed by atoms with van der Waals surface area (Å²) < 4.78 is 0. The molecule has 19 nitrogen and oxygen atoms in total. The fraction of sp³-hybridized carbons (Fsp3) is 0.600. The molecule has 39 heavy (non-hydrogen) atoms. The molecule has 0 aromatic heterocycles. The normalized spacial score (nSPS) is 11.6. The average molecular weight is 559 g/mol. The van der Waals surface area contributed by atoms with Gasteiger partial charge in [-0.15, -0.1) is 0 Å². The Bertz CT molecular complexity index is 917. The zero-order valence-corrected chi connectivity index (χ0v) is 21.4. The lowest BCUT2D eigenvalue weighted by Gasteiger charge is -2.20. The molecule has 0 fully saturated rings. The number of nitrogens with two attached hydrogens (primary N) is 5. The first-order valence-corrected chi connectivity index (χ1v) is 11.8. The second-order valence-corrected chi connectivity index (χ2v) is 7.95. The van der Waals surface area contributed by atoms with E-state index >= 15 is 0 Å². The van der Waals surface area contributed by atoms with Crippen LogP contribution in [0.5, 0.6) is 0 Å². The zero-order valence-electron chi connectivity index (χ0n) is 21.4. The Morgan fingerprint density at radius 2 is 1.05 bits per heavy atom. The number of carbonyl (C=O) groups is 6. The summed E-state index contributed by atoms with van der Waals surface area (Å²) in [7, 11) is 0. The number of nitrogens with one attached hydrogen (secondary N) is 5. The molecular weight excluding hydrogens is 520 g/mol. The Morgan fingerprint density at radius 3 is 1.44 bits per heavy atom. The minimum atomic E-state index is -1.28. The van der Waals surface area contributed by atoms with Gasteiger partial charge in [-0.25, -0.2) is 0 Å². The summed E-state index contributed by atoms with van der Waals surface area (Å²) in [5, 5.41) is 20.4. The molecule has 0 radical (unpaired) electrons. The highest BCUT2D eigenvalue weighted by Crippen LogP contribution is 2.01. The van der Waals surface area contributed by atoms with E-state index in [-0.39, 0.29) is 50.8 Å². The van der Waals surface area contributed by atoms with Crippen LogP contribution in [-0.4, -0.2) is 104 Å². The molecule has 2 atom stereocenters. The summed E-state index contributed by atoms with van der Waals surface area (Å²) in [5.74, 6) is -5.09. The molecule has 220 valence electrons. The highest BCUT2D eigenvalue weighted by Gasteiger charge is 2.24. The lowest BCUT2D eigenvalue weighted by atomic mass is 10.1. The van der Waals surface area contributed by atoms with Gasteiger partial charge in [-0.3, -0.25) is 38.8 Å². The van der Waals surface area contributed by atoms with Crippen molar-refractivity contribution in [2.45, 2.75) is 37.8 Å². The lowest BCUT2D eigenvalue weighted by molar-refractivity contribution is -0.138. The van der Waals surface area contributed by atoms with E-state index in [4.69, 9.17) is 33.8 Å². The van der Waals surface area contributed by atoms with Gasteiger partial charge in [-0.05, 0) is 25.7 Å². The number of hydrogen-bond acceptors (Lipinski definition) is 9. The molecule has 0 aliphatic heterocycles. The van der Waals surface area contributed by atoms with E-state index in [1.165, 1.54) is 0 Å². The number of aliphatic imine (C=N–C) groups is 2. The van der Waals surface area contributed by atoms with E-state index in [2.05, 4.69) is 36.6 Å². The number of carbonyl (C=O) groups excluding carboxylic acids is 5. The van der Waals surface area contributed by atoms with Gasteiger partial charge in [0.05, 0.1) is 19.6 Å². The van der Waals surface area contributed by atoms with Crippen LogP contribution in [0.3, 0.4) is 0 Å². The summed E-state index contributed by atoms with van der Waals surface area (Å²) in [5.41, 5.74) is 26.2. The fourth-order valence-corrected chi connectivity index (χ4v) is 2.86. The summed E-state index contributed by atoms with van der Waals surface area (Å²) >= 11 is 0. The molecule has 0 aromatic rings. The molecule has 0 saturated carbocycles. The number of carboxylic acid groups (broad SMARTS) is 1. The second-order valence-electron chi connectivity index (χ2n) is 7.95. The molecule has 0 spiro atoms. The van der Waals surface area contributed by atoms with E-state index in [1.54, 1.807) is 0 Å². The minimum Gasteiger partial charge on any atom is -0.480 e. The first-order valence-electron chi connectivity index (χ1n) is 11.8. The summed E-state index contributed by atoms with van der Waals surface area (Å²) in [4.78, 5) is 79.2. The number of nitrogens with zero attached hydrogens (tertiary/aromatic N) is 2. The van der Waals surface area contributed by atoms with E-state index < -0.39 is 67.2 Å². The smallest absolute Gasteiger partial charge is 0.322 e. The quantitative estimate of drug-likeness (QED) is 0.0400. The van der Waals surface area contributed by atoms with Crippen molar-refractivity contribution in [2.75, 3.05) is 39.3 Å². The molecule has 0 rings (SSSR count). The van der Waals surface area contributed by atoms with Gasteiger partial charge in [-0.2, -0.15) is 0 Å². The van der Waals surface area contributed by atoms with Gasteiger partial charge < -0.3 is 60.4 Å². The number of rotatable bonds is 19. The first-order chi connectivity index (χ1) is 18.3. The number of carboxylic acids is 1. The largest absolute Gasteiger partial charge is 0.480 e.